The van der Waals surface area contributed by atoms with Crippen molar-refractivity contribution < 1.29 is 24.9 Å². The Morgan fingerprint density at radius 1 is 1.47 bits per heavy atom. The standard InChI is InChI=1S/C7H10N2O5S/c10-2-1-14-7(4(12)3(2)11)5(13)8-6(15)9-7/h2-4,10-12H,1H2,(H2,8,9,13,15)/t2-,3-,4+,7-/m1/s1. The molecule has 0 aromatic carbocycles. The van der Waals surface area contributed by atoms with Gasteiger partial charge in [-0.3, -0.25) is 10.1 Å². The highest BCUT2D eigenvalue weighted by atomic mass is 32.1. The zero-order valence-corrected chi connectivity index (χ0v) is 8.32. The molecule has 0 aliphatic carbocycles. The van der Waals surface area contributed by atoms with Gasteiger partial charge in [0.25, 0.3) is 11.6 Å². The summed E-state index contributed by atoms with van der Waals surface area (Å²) < 4.78 is 5.03. The van der Waals surface area contributed by atoms with Gasteiger partial charge in [-0.25, -0.2) is 0 Å². The van der Waals surface area contributed by atoms with Crippen LogP contribution in [-0.4, -0.2) is 57.0 Å². The molecule has 2 fully saturated rings. The number of aliphatic hydroxyl groups excluding tert-OH is 3. The van der Waals surface area contributed by atoms with Crippen LogP contribution in [0.1, 0.15) is 0 Å². The topological polar surface area (TPSA) is 111 Å². The van der Waals surface area contributed by atoms with E-state index < -0.39 is 29.9 Å². The van der Waals surface area contributed by atoms with Crippen LogP contribution in [0.4, 0.5) is 0 Å². The summed E-state index contributed by atoms with van der Waals surface area (Å²) in [5, 5.41) is 33.0. The number of carbonyl (C=O) groups excluding carboxylic acids is 1. The maximum atomic E-state index is 11.5. The lowest BCUT2D eigenvalue weighted by Gasteiger charge is -2.40. The molecule has 2 saturated heterocycles. The molecule has 0 aromatic heterocycles. The highest BCUT2D eigenvalue weighted by Gasteiger charge is 2.58. The number of thiocarbonyl (C=S) groups is 1. The molecule has 4 atom stereocenters. The summed E-state index contributed by atoms with van der Waals surface area (Å²) in [6.07, 6.45) is -4.27. The van der Waals surface area contributed by atoms with Crippen LogP contribution >= 0.6 is 12.2 Å². The predicted octanol–water partition coefficient (Wildman–Crippen LogP) is -3.20. The average molecular weight is 234 g/mol. The van der Waals surface area contributed by atoms with E-state index in [4.69, 9.17) is 17.0 Å². The highest BCUT2D eigenvalue weighted by Crippen LogP contribution is 2.26. The van der Waals surface area contributed by atoms with Gasteiger partial charge in [-0.1, -0.05) is 0 Å². The number of carbonyl (C=O) groups is 1. The maximum Gasteiger partial charge on any atom is 0.282 e. The largest absolute Gasteiger partial charge is 0.388 e. The SMILES string of the molecule is O=C1NC(=S)N[C@]12OC[C@@H](O)[C@@H](O)[C@@H]2O. The summed E-state index contributed by atoms with van der Waals surface area (Å²) in [5.74, 6) is -0.675. The maximum absolute atomic E-state index is 11.5. The Hall–Kier alpha value is -0.800. The summed E-state index contributed by atoms with van der Waals surface area (Å²) in [6.45, 7) is -0.263. The lowest BCUT2D eigenvalue weighted by molar-refractivity contribution is -0.232. The monoisotopic (exact) mass is 234 g/mol. The van der Waals surface area contributed by atoms with E-state index in [-0.39, 0.29) is 11.7 Å². The van der Waals surface area contributed by atoms with E-state index in [1.807, 2.05) is 0 Å². The van der Waals surface area contributed by atoms with E-state index in [9.17, 15) is 20.1 Å². The molecule has 0 bridgehead atoms. The Balaban J connectivity index is 2.29. The molecule has 7 nitrogen and oxygen atoms in total. The minimum atomic E-state index is -1.78. The zero-order valence-electron chi connectivity index (χ0n) is 7.51. The summed E-state index contributed by atoms with van der Waals surface area (Å²) >= 11 is 4.69. The Morgan fingerprint density at radius 2 is 2.13 bits per heavy atom. The van der Waals surface area contributed by atoms with Crippen LogP contribution in [0, 0.1) is 0 Å². The summed E-state index contributed by atoms with van der Waals surface area (Å²) in [6, 6.07) is 0. The first-order valence-corrected chi connectivity index (χ1v) is 4.70. The summed E-state index contributed by atoms with van der Waals surface area (Å²) in [7, 11) is 0. The molecule has 1 spiro atoms. The Bertz CT molecular complexity index is 325. The van der Waals surface area contributed by atoms with Crippen molar-refractivity contribution in [2.24, 2.45) is 0 Å². The number of aliphatic hydroxyl groups is 3. The van der Waals surface area contributed by atoms with Crippen LogP contribution in [0.3, 0.4) is 0 Å². The van der Waals surface area contributed by atoms with Gasteiger partial charge >= 0.3 is 0 Å². The van der Waals surface area contributed by atoms with Crippen LogP contribution < -0.4 is 10.6 Å². The van der Waals surface area contributed by atoms with Gasteiger partial charge < -0.3 is 25.4 Å². The minimum Gasteiger partial charge on any atom is -0.388 e. The number of hydrogen-bond donors (Lipinski definition) is 5. The molecule has 5 N–H and O–H groups in total. The van der Waals surface area contributed by atoms with Crippen molar-refractivity contribution in [3.63, 3.8) is 0 Å². The summed E-state index contributed by atoms with van der Waals surface area (Å²) in [5.41, 5.74) is -1.78. The van der Waals surface area contributed by atoms with Crippen LogP contribution in [0.15, 0.2) is 0 Å². The molecule has 2 aliphatic heterocycles. The van der Waals surface area contributed by atoms with Crippen LogP contribution in [0.2, 0.25) is 0 Å². The fraction of sp³-hybridized carbons (Fsp3) is 0.714. The van der Waals surface area contributed by atoms with E-state index >= 15 is 0 Å². The first-order valence-electron chi connectivity index (χ1n) is 4.29. The van der Waals surface area contributed by atoms with Crippen molar-refractivity contribution in [3.8, 4) is 0 Å². The smallest absolute Gasteiger partial charge is 0.282 e. The fourth-order valence-electron chi connectivity index (χ4n) is 1.61. The van der Waals surface area contributed by atoms with Gasteiger partial charge in [0.2, 0.25) is 0 Å². The second-order valence-corrected chi connectivity index (χ2v) is 3.87. The van der Waals surface area contributed by atoms with E-state index in [1.165, 1.54) is 0 Å². The lowest BCUT2D eigenvalue weighted by atomic mass is 9.94. The zero-order chi connectivity index (χ0) is 11.2. The number of nitrogens with one attached hydrogen (secondary N) is 2. The molecule has 15 heavy (non-hydrogen) atoms. The second-order valence-electron chi connectivity index (χ2n) is 3.46. The van der Waals surface area contributed by atoms with Crippen molar-refractivity contribution in [2.75, 3.05) is 6.61 Å². The minimum absolute atomic E-state index is 0.0163. The first-order chi connectivity index (χ1) is 6.97. The number of amides is 1. The molecule has 8 heteroatoms. The van der Waals surface area contributed by atoms with Gasteiger partial charge in [-0.05, 0) is 12.2 Å². The predicted molar refractivity (Wildman–Crippen MR) is 50.6 cm³/mol. The molecular formula is C7H10N2O5S. The van der Waals surface area contributed by atoms with E-state index in [1.54, 1.807) is 0 Å². The van der Waals surface area contributed by atoms with E-state index in [0.717, 1.165) is 0 Å². The van der Waals surface area contributed by atoms with Crippen molar-refractivity contribution in [1.29, 1.82) is 0 Å². The number of rotatable bonds is 0. The van der Waals surface area contributed by atoms with Crippen molar-refractivity contribution in [1.82, 2.24) is 10.6 Å². The third-order valence-corrected chi connectivity index (χ3v) is 2.68. The Morgan fingerprint density at radius 3 is 2.67 bits per heavy atom. The molecule has 2 aliphatic rings. The first kappa shape index (κ1) is 10.7. The third-order valence-electron chi connectivity index (χ3n) is 2.48. The molecular weight excluding hydrogens is 224 g/mol. The Labute approximate surface area is 90.0 Å². The molecule has 1 amide bonds. The van der Waals surface area contributed by atoms with Crippen molar-refractivity contribution in [2.45, 2.75) is 24.0 Å². The average Bonchev–Trinajstić information content (AvgIpc) is 2.46. The Kier molecular flexibility index (Phi) is 2.40. The molecule has 0 unspecified atom stereocenters. The molecule has 2 heterocycles. The second kappa shape index (κ2) is 3.35. The van der Waals surface area contributed by atoms with Gasteiger partial charge in [-0.15, -0.1) is 0 Å². The highest BCUT2D eigenvalue weighted by molar-refractivity contribution is 7.80. The van der Waals surface area contributed by atoms with Crippen molar-refractivity contribution in [3.05, 3.63) is 0 Å². The van der Waals surface area contributed by atoms with Gasteiger partial charge in [0.1, 0.15) is 18.3 Å². The van der Waals surface area contributed by atoms with Crippen LogP contribution in [0.5, 0.6) is 0 Å². The van der Waals surface area contributed by atoms with Gasteiger partial charge in [0.05, 0.1) is 6.61 Å². The van der Waals surface area contributed by atoms with Crippen molar-refractivity contribution >= 4 is 23.2 Å². The molecule has 0 saturated carbocycles. The lowest BCUT2D eigenvalue weighted by Crippen LogP contribution is -2.68. The fourth-order valence-corrected chi connectivity index (χ4v) is 1.86. The molecule has 2 rings (SSSR count). The van der Waals surface area contributed by atoms with E-state index in [0.29, 0.717) is 0 Å². The van der Waals surface area contributed by atoms with Gasteiger partial charge in [0.15, 0.2) is 5.11 Å². The van der Waals surface area contributed by atoms with E-state index in [2.05, 4.69) is 10.6 Å². The quantitative estimate of drug-likeness (QED) is 0.281. The normalized spacial score (nSPS) is 45.4. The molecule has 84 valence electrons. The molecule has 0 radical (unpaired) electrons. The summed E-state index contributed by atoms with van der Waals surface area (Å²) in [4.78, 5) is 11.5. The third kappa shape index (κ3) is 1.42. The number of ether oxygens (including phenoxy) is 1. The van der Waals surface area contributed by atoms with Gasteiger partial charge in [0, 0.05) is 0 Å². The molecule has 0 aromatic rings. The van der Waals surface area contributed by atoms with Crippen LogP contribution in [-0.2, 0) is 9.53 Å². The van der Waals surface area contributed by atoms with Crippen LogP contribution in [0.25, 0.3) is 0 Å². The number of hydrogen-bond acceptors (Lipinski definition) is 6. The van der Waals surface area contributed by atoms with Gasteiger partial charge in [-0.2, -0.15) is 0 Å².